The smallest absolute Gasteiger partial charge is 0.408 e. The van der Waals surface area contributed by atoms with Gasteiger partial charge < -0.3 is 4.42 Å². The van der Waals surface area contributed by atoms with Crippen molar-refractivity contribution in [2.45, 2.75) is 18.4 Å². The van der Waals surface area contributed by atoms with E-state index in [1.54, 1.807) is 13.0 Å². The molecular formula is C16H16N4O5S. The summed E-state index contributed by atoms with van der Waals surface area (Å²) < 4.78 is 33.0. The quantitative estimate of drug-likeness (QED) is 0.700. The molecule has 4 rings (SSSR count). The van der Waals surface area contributed by atoms with E-state index < -0.39 is 15.8 Å². The molecule has 0 atom stereocenters. The van der Waals surface area contributed by atoms with Gasteiger partial charge in [-0.1, -0.05) is 0 Å². The van der Waals surface area contributed by atoms with Gasteiger partial charge in [-0.2, -0.15) is 9.40 Å². The van der Waals surface area contributed by atoms with E-state index in [1.807, 2.05) is 0 Å². The van der Waals surface area contributed by atoms with Gasteiger partial charge in [0.05, 0.1) is 22.7 Å². The molecule has 3 heterocycles. The fraction of sp³-hybridized carbons (Fsp3) is 0.312. The third-order valence-electron chi connectivity index (χ3n) is 4.38. The van der Waals surface area contributed by atoms with Crippen LogP contribution >= 0.6 is 0 Å². The molecule has 0 bridgehead atoms. The maximum absolute atomic E-state index is 12.7. The average Bonchev–Trinajstić information content (AvgIpc) is 2.92. The number of benzene rings is 1. The molecule has 1 aromatic carbocycles. The van der Waals surface area contributed by atoms with Crippen LogP contribution in [0.2, 0.25) is 0 Å². The zero-order chi connectivity index (χ0) is 18.5. The number of rotatable bonds is 4. The molecule has 1 saturated heterocycles. The number of H-pyrrole nitrogens is 1. The van der Waals surface area contributed by atoms with Crippen LogP contribution in [0.5, 0.6) is 0 Å². The molecule has 136 valence electrons. The van der Waals surface area contributed by atoms with Gasteiger partial charge in [0.2, 0.25) is 10.0 Å². The van der Waals surface area contributed by atoms with Gasteiger partial charge in [-0.3, -0.25) is 9.78 Å². The van der Waals surface area contributed by atoms with Gasteiger partial charge in [0.15, 0.2) is 5.58 Å². The van der Waals surface area contributed by atoms with Crippen molar-refractivity contribution in [3.05, 3.63) is 56.9 Å². The van der Waals surface area contributed by atoms with Gasteiger partial charge in [0, 0.05) is 31.1 Å². The maximum atomic E-state index is 12.7. The number of hydrogen-bond donors (Lipinski definition) is 1. The molecule has 0 unspecified atom stereocenters. The van der Waals surface area contributed by atoms with Gasteiger partial charge in [-0.25, -0.2) is 17.9 Å². The van der Waals surface area contributed by atoms with Gasteiger partial charge in [0.1, 0.15) is 0 Å². The van der Waals surface area contributed by atoms with Crippen molar-refractivity contribution in [2.75, 3.05) is 13.1 Å². The van der Waals surface area contributed by atoms with Crippen molar-refractivity contribution in [2.24, 2.45) is 5.92 Å². The minimum Gasteiger partial charge on any atom is -0.408 e. The number of nitrogens with zero attached hydrogens (tertiary/aromatic N) is 3. The Hall–Kier alpha value is -2.72. The third-order valence-corrected chi connectivity index (χ3v) is 6.21. The number of sulfonamides is 1. The van der Waals surface area contributed by atoms with E-state index in [0.29, 0.717) is 25.2 Å². The predicted octanol–water partition coefficient (Wildman–Crippen LogP) is 0.307. The van der Waals surface area contributed by atoms with Crippen molar-refractivity contribution in [3.63, 3.8) is 0 Å². The molecule has 9 nitrogen and oxygen atoms in total. The molecule has 0 radical (unpaired) electrons. The molecule has 1 N–H and O–H groups in total. The highest BCUT2D eigenvalue weighted by Crippen LogP contribution is 2.27. The first kappa shape index (κ1) is 16.7. The Morgan fingerprint density at radius 1 is 1.23 bits per heavy atom. The van der Waals surface area contributed by atoms with Gasteiger partial charge in [-0.15, -0.1) is 0 Å². The summed E-state index contributed by atoms with van der Waals surface area (Å²) >= 11 is 0. The lowest BCUT2D eigenvalue weighted by Gasteiger charge is -2.37. The van der Waals surface area contributed by atoms with Crippen LogP contribution in [0.4, 0.5) is 0 Å². The van der Waals surface area contributed by atoms with E-state index >= 15 is 0 Å². The van der Waals surface area contributed by atoms with E-state index in [2.05, 4.69) is 10.1 Å². The minimum absolute atomic E-state index is 0.0192. The van der Waals surface area contributed by atoms with Crippen LogP contribution in [0.1, 0.15) is 5.69 Å². The second kappa shape index (κ2) is 5.92. The Labute approximate surface area is 147 Å². The summed E-state index contributed by atoms with van der Waals surface area (Å²) in [5.41, 5.74) is 1.17. The summed E-state index contributed by atoms with van der Waals surface area (Å²) in [4.78, 5) is 25.5. The van der Waals surface area contributed by atoms with Crippen LogP contribution in [0.3, 0.4) is 0 Å². The summed E-state index contributed by atoms with van der Waals surface area (Å²) in [6.07, 6.45) is 0. The highest BCUT2D eigenvalue weighted by Gasteiger charge is 2.37. The van der Waals surface area contributed by atoms with E-state index in [0.717, 1.165) is 5.69 Å². The Morgan fingerprint density at radius 2 is 2.00 bits per heavy atom. The minimum atomic E-state index is -3.68. The van der Waals surface area contributed by atoms with Crippen LogP contribution in [-0.4, -0.2) is 40.6 Å². The number of nitrogens with one attached hydrogen (secondary N) is 1. The Kier molecular flexibility index (Phi) is 3.81. The summed E-state index contributed by atoms with van der Waals surface area (Å²) in [6.45, 7) is 2.78. The highest BCUT2D eigenvalue weighted by atomic mass is 32.2. The van der Waals surface area contributed by atoms with Crippen molar-refractivity contribution >= 4 is 21.1 Å². The van der Waals surface area contributed by atoms with Crippen LogP contribution in [0.25, 0.3) is 11.1 Å². The SMILES string of the molecule is Cc1ccc(=O)n(CC2CN(S(=O)(=O)c3ccc4[nH]c(=O)oc4c3)C2)n1. The van der Waals surface area contributed by atoms with Crippen molar-refractivity contribution in [3.8, 4) is 0 Å². The molecule has 26 heavy (non-hydrogen) atoms. The molecule has 0 spiro atoms. The summed E-state index contributed by atoms with van der Waals surface area (Å²) in [7, 11) is -3.68. The lowest BCUT2D eigenvalue weighted by atomic mass is 10.0. The summed E-state index contributed by atoms with van der Waals surface area (Å²) in [5.74, 6) is -0.611. The number of oxazole rings is 1. The monoisotopic (exact) mass is 376 g/mol. The zero-order valence-corrected chi connectivity index (χ0v) is 14.7. The van der Waals surface area contributed by atoms with Crippen molar-refractivity contribution in [1.82, 2.24) is 19.1 Å². The first-order chi connectivity index (χ1) is 12.3. The zero-order valence-electron chi connectivity index (χ0n) is 13.9. The van der Waals surface area contributed by atoms with Gasteiger partial charge >= 0.3 is 5.76 Å². The number of aryl methyl sites for hydroxylation is 1. The lowest BCUT2D eigenvalue weighted by molar-refractivity contribution is 0.172. The van der Waals surface area contributed by atoms with Crippen LogP contribution in [0.15, 0.2) is 49.2 Å². The molecule has 3 aromatic rings. The highest BCUT2D eigenvalue weighted by molar-refractivity contribution is 7.89. The van der Waals surface area contributed by atoms with Gasteiger partial charge in [-0.05, 0) is 25.1 Å². The second-order valence-electron chi connectivity index (χ2n) is 6.36. The number of fused-ring (bicyclic) bond motifs is 1. The molecule has 0 saturated carbocycles. The molecule has 1 aliphatic rings. The van der Waals surface area contributed by atoms with E-state index in [4.69, 9.17) is 4.42 Å². The number of aromatic nitrogens is 3. The molecule has 1 fully saturated rings. The largest absolute Gasteiger partial charge is 0.417 e. The predicted molar refractivity (Wildman–Crippen MR) is 92.3 cm³/mol. The number of hydrogen-bond acceptors (Lipinski definition) is 6. The van der Waals surface area contributed by atoms with Crippen LogP contribution in [0, 0.1) is 12.8 Å². The molecule has 0 amide bonds. The van der Waals surface area contributed by atoms with E-state index in [-0.39, 0.29) is 22.0 Å². The number of aromatic amines is 1. The third kappa shape index (κ3) is 2.86. The molecule has 0 aliphatic carbocycles. The molecule has 10 heteroatoms. The molecule has 2 aromatic heterocycles. The maximum Gasteiger partial charge on any atom is 0.417 e. The van der Waals surface area contributed by atoms with Crippen LogP contribution < -0.4 is 11.3 Å². The first-order valence-corrected chi connectivity index (χ1v) is 9.45. The van der Waals surface area contributed by atoms with E-state index in [9.17, 15) is 18.0 Å². The summed E-state index contributed by atoms with van der Waals surface area (Å²) in [5, 5.41) is 4.17. The lowest BCUT2D eigenvalue weighted by Crippen LogP contribution is -2.52. The average molecular weight is 376 g/mol. The van der Waals surface area contributed by atoms with Crippen molar-refractivity contribution < 1.29 is 12.8 Å². The topological polar surface area (TPSA) is 118 Å². The normalized spacial score (nSPS) is 16.0. The van der Waals surface area contributed by atoms with Gasteiger partial charge in [0.25, 0.3) is 5.56 Å². The fourth-order valence-electron chi connectivity index (χ4n) is 3.00. The molecule has 1 aliphatic heterocycles. The first-order valence-electron chi connectivity index (χ1n) is 8.01. The summed E-state index contributed by atoms with van der Waals surface area (Å²) in [6, 6.07) is 7.37. The van der Waals surface area contributed by atoms with E-state index in [1.165, 1.54) is 33.3 Å². The fourth-order valence-corrected chi connectivity index (χ4v) is 4.60. The van der Waals surface area contributed by atoms with Crippen LogP contribution in [-0.2, 0) is 16.6 Å². The molecular weight excluding hydrogens is 360 g/mol. The Morgan fingerprint density at radius 3 is 2.77 bits per heavy atom. The Bertz CT molecular complexity index is 1200. The van der Waals surface area contributed by atoms with Crippen molar-refractivity contribution in [1.29, 1.82) is 0 Å². The second-order valence-corrected chi connectivity index (χ2v) is 8.29. The Balaban J connectivity index is 1.50. The standard InChI is InChI=1S/C16H16N4O5S/c1-10-2-5-15(21)20(18-10)9-11-7-19(8-11)26(23,24)12-3-4-13-14(6-12)25-16(22)17-13/h2-6,11H,7-9H2,1H3,(H,17,22).